The highest BCUT2D eigenvalue weighted by Crippen LogP contribution is 2.32. The van der Waals surface area contributed by atoms with E-state index in [4.69, 9.17) is 9.47 Å². The summed E-state index contributed by atoms with van der Waals surface area (Å²) in [5, 5.41) is 49.6. The van der Waals surface area contributed by atoms with Crippen LogP contribution in [0.1, 0.15) is 23.6 Å². The fourth-order valence-corrected chi connectivity index (χ4v) is 3.54. The summed E-state index contributed by atoms with van der Waals surface area (Å²) in [5.41, 5.74) is 0.423. The Balaban J connectivity index is 1.88. The maximum Gasteiger partial charge on any atom is 0.573 e. The molecule has 0 aliphatic carbocycles. The molecular weight excluding hydrogens is 468 g/mol. The molecule has 1 aliphatic heterocycles. The van der Waals surface area contributed by atoms with Gasteiger partial charge in [-0.2, -0.15) is 0 Å². The van der Waals surface area contributed by atoms with Gasteiger partial charge in [0, 0.05) is 12.0 Å². The molecule has 6 atom stereocenters. The highest BCUT2D eigenvalue weighted by Gasteiger charge is 2.46. The number of hydrogen-bond donors (Lipinski definition) is 5. The Morgan fingerprint density at radius 1 is 1.00 bits per heavy atom. The first-order valence-electron chi connectivity index (χ1n) is 10.2. The predicted molar refractivity (Wildman–Crippen MR) is 107 cm³/mol. The van der Waals surface area contributed by atoms with E-state index in [1.165, 1.54) is 25.1 Å². The van der Waals surface area contributed by atoms with Gasteiger partial charge in [-0.15, -0.1) is 13.2 Å². The van der Waals surface area contributed by atoms with Crippen LogP contribution in [0.25, 0.3) is 0 Å². The van der Waals surface area contributed by atoms with E-state index >= 15 is 0 Å². The van der Waals surface area contributed by atoms with E-state index in [-0.39, 0.29) is 23.3 Å². The van der Waals surface area contributed by atoms with Gasteiger partial charge in [0.05, 0.1) is 12.7 Å². The number of ether oxygens (including phenoxy) is 3. The molecule has 3 rings (SSSR count). The van der Waals surface area contributed by atoms with Crippen molar-refractivity contribution in [2.75, 3.05) is 0 Å². The van der Waals surface area contributed by atoms with Crippen LogP contribution >= 0.6 is 0 Å². The van der Waals surface area contributed by atoms with E-state index < -0.39 is 61.3 Å². The number of aliphatic hydroxyl groups excluding tert-OH is 5. The molecule has 1 heterocycles. The second-order valence-corrected chi connectivity index (χ2v) is 7.88. The normalized spacial score (nSPS) is 26.2. The summed E-state index contributed by atoms with van der Waals surface area (Å²) in [4.78, 5) is 0. The topological polar surface area (TPSA) is 129 Å². The standard InChI is InChI=1S/C22H24F4O8/c1-10(28)20-18(30)17(29)19(31)21(33-20)32-16-8-12(9-27)7-15(23)14(16)6-11-2-4-13(5-3-11)34-22(24,25)26/h2-5,7-8,10,17-21,27-31H,6,9H2,1H3/t10-,17+,18+,19-,20-,21-/m1/s1. The third-order valence-corrected chi connectivity index (χ3v) is 5.26. The molecule has 0 aromatic heterocycles. The van der Waals surface area contributed by atoms with Crippen molar-refractivity contribution in [3.8, 4) is 11.5 Å². The fraction of sp³-hybridized carbons (Fsp3) is 0.455. The Hall–Kier alpha value is -2.48. The molecule has 0 saturated carbocycles. The van der Waals surface area contributed by atoms with Crippen molar-refractivity contribution in [3.05, 3.63) is 58.9 Å². The van der Waals surface area contributed by atoms with Crippen LogP contribution in [0.15, 0.2) is 36.4 Å². The van der Waals surface area contributed by atoms with Gasteiger partial charge in [-0.25, -0.2) is 4.39 Å². The van der Waals surface area contributed by atoms with Crippen LogP contribution in [-0.2, 0) is 17.8 Å². The van der Waals surface area contributed by atoms with E-state index in [9.17, 15) is 43.1 Å². The lowest BCUT2D eigenvalue weighted by molar-refractivity contribution is -0.286. The van der Waals surface area contributed by atoms with Crippen molar-refractivity contribution in [2.45, 2.75) is 63.1 Å². The fourth-order valence-electron chi connectivity index (χ4n) is 3.54. The number of benzene rings is 2. The molecule has 8 nitrogen and oxygen atoms in total. The van der Waals surface area contributed by atoms with E-state index in [1.807, 2.05) is 0 Å². The number of hydrogen-bond acceptors (Lipinski definition) is 8. The molecule has 1 fully saturated rings. The van der Waals surface area contributed by atoms with Gasteiger partial charge in [0.25, 0.3) is 0 Å². The minimum Gasteiger partial charge on any atom is -0.462 e. The van der Waals surface area contributed by atoms with Crippen LogP contribution in [-0.4, -0.2) is 68.7 Å². The molecule has 188 valence electrons. The molecule has 0 radical (unpaired) electrons. The van der Waals surface area contributed by atoms with Crippen molar-refractivity contribution in [1.29, 1.82) is 0 Å². The first-order valence-corrected chi connectivity index (χ1v) is 10.2. The number of alkyl halides is 3. The maximum atomic E-state index is 14.9. The highest BCUT2D eigenvalue weighted by molar-refractivity contribution is 5.42. The Labute approximate surface area is 191 Å². The van der Waals surface area contributed by atoms with Crippen LogP contribution in [0, 0.1) is 5.82 Å². The van der Waals surface area contributed by atoms with Crippen LogP contribution in [0.2, 0.25) is 0 Å². The molecule has 34 heavy (non-hydrogen) atoms. The summed E-state index contributed by atoms with van der Waals surface area (Å²) in [6.45, 7) is 0.738. The number of rotatable bonds is 7. The Morgan fingerprint density at radius 2 is 1.65 bits per heavy atom. The van der Waals surface area contributed by atoms with Gasteiger partial charge in [-0.05, 0) is 42.3 Å². The molecular formula is C22H24F4O8. The van der Waals surface area contributed by atoms with Gasteiger partial charge in [0.2, 0.25) is 6.29 Å². The molecule has 1 aliphatic rings. The molecule has 1 saturated heterocycles. The van der Waals surface area contributed by atoms with Gasteiger partial charge >= 0.3 is 6.36 Å². The molecule has 2 aromatic carbocycles. The number of aliphatic hydroxyl groups is 5. The first-order chi connectivity index (χ1) is 15.9. The van der Waals surface area contributed by atoms with Crippen molar-refractivity contribution < 1.29 is 57.3 Å². The van der Waals surface area contributed by atoms with Gasteiger partial charge < -0.3 is 39.7 Å². The monoisotopic (exact) mass is 492 g/mol. The van der Waals surface area contributed by atoms with E-state index in [1.54, 1.807) is 0 Å². The first kappa shape index (κ1) is 26.1. The smallest absolute Gasteiger partial charge is 0.462 e. The van der Waals surface area contributed by atoms with Gasteiger partial charge in [-0.3, -0.25) is 0 Å². The molecule has 2 aromatic rings. The zero-order valence-electron chi connectivity index (χ0n) is 17.8. The quantitative estimate of drug-likeness (QED) is 0.367. The Kier molecular flexibility index (Phi) is 8.01. The van der Waals surface area contributed by atoms with E-state index in [0.717, 1.165) is 18.2 Å². The molecule has 0 amide bonds. The minimum atomic E-state index is -4.86. The van der Waals surface area contributed by atoms with Crippen molar-refractivity contribution in [2.24, 2.45) is 0 Å². The average Bonchev–Trinajstić information content (AvgIpc) is 2.76. The lowest BCUT2D eigenvalue weighted by atomic mass is 9.96. The van der Waals surface area contributed by atoms with Crippen LogP contribution in [0.4, 0.5) is 17.6 Å². The Morgan fingerprint density at radius 3 is 2.21 bits per heavy atom. The summed E-state index contributed by atoms with van der Waals surface area (Å²) in [5.74, 6) is -1.45. The van der Waals surface area contributed by atoms with Gasteiger partial charge in [0.1, 0.15) is 41.7 Å². The average molecular weight is 492 g/mol. The van der Waals surface area contributed by atoms with Crippen molar-refractivity contribution in [1.82, 2.24) is 0 Å². The second kappa shape index (κ2) is 10.4. The van der Waals surface area contributed by atoms with Crippen molar-refractivity contribution >= 4 is 0 Å². The molecule has 12 heteroatoms. The van der Waals surface area contributed by atoms with Crippen LogP contribution in [0.5, 0.6) is 11.5 Å². The SMILES string of the molecule is C[C@@H](O)[C@H]1O[C@@H](Oc2cc(CO)cc(F)c2Cc2ccc(OC(F)(F)F)cc2)[C@H](O)[C@@H](O)[C@@H]1O. The predicted octanol–water partition coefficient (Wildman–Crippen LogP) is 1.37. The zero-order valence-corrected chi connectivity index (χ0v) is 17.8. The third-order valence-electron chi connectivity index (χ3n) is 5.26. The zero-order chi connectivity index (χ0) is 25.2. The Bertz CT molecular complexity index is 967. The second-order valence-electron chi connectivity index (χ2n) is 7.88. The summed E-state index contributed by atoms with van der Waals surface area (Å²) in [7, 11) is 0. The van der Waals surface area contributed by atoms with E-state index in [2.05, 4.69) is 4.74 Å². The van der Waals surface area contributed by atoms with Gasteiger partial charge in [-0.1, -0.05) is 12.1 Å². The molecule has 5 N–H and O–H groups in total. The van der Waals surface area contributed by atoms with Gasteiger partial charge in [0.15, 0.2) is 0 Å². The van der Waals surface area contributed by atoms with Crippen LogP contribution < -0.4 is 9.47 Å². The lowest BCUT2D eigenvalue weighted by Crippen LogP contribution is -2.61. The number of halogens is 4. The highest BCUT2D eigenvalue weighted by atomic mass is 19.4. The molecule has 0 bridgehead atoms. The van der Waals surface area contributed by atoms with Crippen molar-refractivity contribution in [3.63, 3.8) is 0 Å². The van der Waals surface area contributed by atoms with E-state index in [0.29, 0.717) is 5.56 Å². The minimum absolute atomic E-state index is 0.0771. The largest absolute Gasteiger partial charge is 0.573 e. The van der Waals surface area contributed by atoms with Crippen LogP contribution in [0.3, 0.4) is 0 Å². The maximum absolute atomic E-state index is 14.9. The summed E-state index contributed by atoms with van der Waals surface area (Å²) >= 11 is 0. The third kappa shape index (κ3) is 6.14. The summed E-state index contributed by atoms with van der Waals surface area (Å²) < 4.78 is 66.8. The molecule has 0 spiro atoms. The lowest BCUT2D eigenvalue weighted by Gasteiger charge is -2.41. The summed E-state index contributed by atoms with van der Waals surface area (Å²) in [6, 6.07) is 7.01. The summed E-state index contributed by atoms with van der Waals surface area (Å²) in [6.07, 6.45) is -14.3. The molecule has 0 unspecified atom stereocenters.